The van der Waals surface area contributed by atoms with Crippen molar-refractivity contribution < 1.29 is 9.50 Å². The van der Waals surface area contributed by atoms with Crippen LogP contribution in [0.1, 0.15) is 25.8 Å². The Balaban J connectivity index is 1.68. The fourth-order valence-corrected chi connectivity index (χ4v) is 2.91. The monoisotopic (exact) mass is 303 g/mol. The molecule has 1 aliphatic rings. The molecule has 2 aromatic rings. The molecule has 1 aromatic carbocycles. The van der Waals surface area contributed by atoms with E-state index in [1.54, 1.807) is 10.7 Å². The molecule has 1 aromatic heterocycles. The van der Waals surface area contributed by atoms with E-state index in [0.717, 1.165) is 37.3 Å². The minimum absolute atomic E-state index is 0.250. The van der Waals surface area contributed by atoms with Gasteiger partial charge in [0.05, 0.1) is 17.5 Å². The highest BCUT2D eigenvalue weighted by atomic mass is 19.1. The molecule has 0 saturated carbocycles. The Hall–Kier alpha value is -1.72. The van der Waals surface area contributed by atoms with Crippen LogP contribution >= 0.6 is 0 Å². The predicted octanol–water partition coefficient (Wildman–Crippen LogP) is 2.60. The number of aliphatic hydroxyl groups is 1. The average Bonchev–Trinajstić information content (AvgIpc) is 2.92. The topological polar surface area (TPSA) is 41.3 Å². The van der Waals surface area contributed by atoms with Crippen LogP contribution in [0.3, 0.4) is 0 Å². The third-order valence-corrected chi connectivity index (χ3v) is 4.64. The Bertz CT molecular complexity index is 653. The first-order valence-electron chi connectivity index (χ1n) is 7.68. The molecule has 1 N–H and O–H groups in total. The Morgan fingerprint density at radius 3 is 3.00 bits per heavy atom. The zero-order valence-electron chi connectivity index (χ0n) is 13.0. The number of piperidine rings is 1. The summed E-state index contributed by atoms with van der Waals surface area (Å²) >= 11 is 0. The molecule has 1 aliphatic heterocycles. The molecular weight excluding hydrogens is 281 g/mol. The number of benzene rings is 1. The third-order valence-electron chi connectivity index (χ3n) is 4.64. The standard InChI is InChI=1S/C17H22FN3O/c1-13-10-20(7-6-17(13,2)22)11-14-9-19-21(12-14)16-5-3-4-15(18)8-16/h3-5,8-9,12-13,22H,6-7,10-11H2,1-2H3/t13-,17+/m1/s1. The summed E-state index contributed by atoms with van der Waals surface area (Å²) in [6.07, 6.45) is 4.54. The van der Waals surface area contributed by atoms with Crippen molar-refractivity contribution in [3.05, 3.63) is 48.0 Å². The van der Waals surface area contributed by atoms with Crippen molar-refractivity contribution in [2.24, 2.45) is 5.92 Å². The minimum atomic E-state index is -0.567. The Morgan fingerprint density at radius 2 is 2.27 bits per heavy atom. The predicted molar refractivity (Wildman–Crippen MR) is 83.2 cm³/mol. The maximum Gasteiger partial charge on any atom is 0.125 e. The summed E-state index contributed by atoms with van der Waals surface area (Å²) in [6.45, 7) is 6.55. The number of nitrogens with zero attached hydrogens (tertiary/aromatic N) is 3. The first-order chi connectivity index (χ1) is 10.4. The first kappa shape index (κ1) is 15.2. The molecule has 0 spiro atoms. The van der Waals surface area contributed by atoms with E-state index in [4.69, 9.17) is 0 Å². The van der Waals surface area contributed by atoms with Crippen molar-refractivity contribution >= 4 is 0 Å². The lowest BCUT2D eigenvalue weighted by Gasteiger charge is -2.41. The molecule has 5 heteroatoms. The van der Waals surface area contributed by atoms with Crippen LogP contribution in [0.4, 0.5) is 4.39 Å². The van der Waals surface area contributed by atoms with Crippen LogP contribution in [-0.4, -0.2) is 38.5 Å². The molecule has 2 atom stereocenters. The molecule has 4 nitrogen and oxygen atoms in total. The number of halogens is 1. The summed E-state index contributed by atoms with van der Waals surface area (Å²) in [5.41, 5.74) is 1.25. The van der Waals surface area contributed by atoms with Crippen molar-refractivity contribution in [2.75, 3.05) is 13.1 Å². The zero-order valence-corrected chi connectivity index (χ0v) is 13.0. The Labute approximate surface area is 130 Å². The van der Waals surface area contributed by atoms with Gasteiger partial charge in [-0.3, -0.25) is 4.90 Å². The molecule has 2 heterocycles. The third kappa shape index (κ3) is 3.20. The highest BCUT2D eigenvalue weighted by Gasteiger charge is 2.34. The first-order valence-corrected chi connectivity index (χ1v) is 7.68. The van der Waals surface area contributed by atoms with Gasteiger partial charge in [-0.05, 0) is 37.5 Å². The van der Waals surface area contributed by atoms with Gasteiger partial charge in [0.15, 0.2) is 0 Å². The lowest BCUT2D eigenvalue weighted by molar-refractivity contribution is -0.0523. The fourth-order valence-electron chi connectivity index (χ4n) is 2.91. The number of hydrogen-bond donors (Lipinski definition) is 1. The van der Waals surface area contributed by atoms with Crippen molar-refractivity contribution in [3.63, 3.8) is 0 Å². The van der Waals surface area contributed by atoms with Gasteiger partial charge < -0.3 is 5.11 Å². The van der Waals surface area contributed by atoms with Crippen molar-refractivity contribution in [1.29, 1.82) is 0 Å². The van der Waals surface area contributed by atoms with Gasteiger partial charge in [0.25, 0.3) is 0 Å². The molecule has 3 rings (SSSR count). The van der Waals surface area contributed by atoms with Crippen LogP contribution < -0.4 is 0 Å². The normalized spacial score (nSPS) is 26.3. The van der Waals surface area contributed by atoms with Crippen LogP contribution in [-0.2, 0) is 6.54 Å². The van der Waals surface area contributed by atoms with Crippen molar-refractivity contribution in [1.82, 2.24) is 14.7 Å². The maximum absolute atomic E-state index is 13.3. The second-order valence-electron chi connectivity index (χ2n) is 6.52. The molecule has 0 radical (unpaired) electrons. The van der Waals surface area contributed by atoms with Gasteiger partial charge in [-0.25, -0.2) is 9.07 Å². The lowest BCUT2D eigenvalue weighted by Crippen LogP contribution is -2.48. The van der Waals surface area contributed by atoms with Crippen LogP contribution in [0.15, 0.2) is 36.7 Å². The smallest absolute Gasteiger partial charge is 0.125 e. The van der Waals surface area contributed by atoms with E-state index >= 15 is 0 Å². The summed E-state index contributed by atoms with van der Waals surface area (Å²) in [4.78, 5) is 2.33. The zero-order chi connectivity index (χ0) is 15.7. The second-order valence-corrected chi connectivity index (χ2v) is 6.52. The van der Waals surface area contributed by atoms with E-state index in [2.05, 4.69) is 16.9 Å². The molecule has 22 heavy (non-hydrogen) atoms. The van der Waals surface area contributed by atoms with E-state index in [1.165, 1.54) is 12.1 Å². The molecule has 118 valence electrons. The summed E-state index contributed by atoms with van der Waals surface area (Å²) in [5, 5.41) is 14.5. The summed E-state index contributed by atoms with van der Waals surface area (Å²) in [6, 6.07) is 6.41. The number of rotatable bonds is 3. The van der Waals surface area contributed by atoms with Gasteiger partial charge in [0, 0.05) is 31.4 Å². The fraction of sp³-hybridized carbons (Fsp3) is 0.471. The molecule has 0 bridgehead atoms. The van der Waals surface area contributed by atoms with Gasteiger partial charge in [-0.15, -0.1) is 0 Å². The van der Waals surface area contributed by atoms with Crippen LogP contribution in [0.2, 0.25) is 0 Å². The molecule has 0 unspecified atom stereocenters. The molecule has 1 saturated heterocycles. The number of hydrogen-bond acceptors (Lipinski definition) is 3. The van der Waals surface area contributed by atoms with Crippen LogP contribution in [0.5, 0.6) is 0 Å². The van der Waals surface area contributed by atoms with Gasteiger partial charge in [-0.1, -0.05) is 13.0 Å². The average molecular weight is 303 g/mol. The Morgan fingerprint density at radius 1 is 1.45 bits per heavy atom. The second kappa shape index (κ2) is 5.82. The van der Waals surface area contributed by atoms with Gasteiger partial charge in [0.2, 0.25) is 0 Å². The summed E-state index contributed by atoms with van der Waals surface area (Å²) in [7, 11) is 0. The number of likely N-dealkylation sites (tertiary alicyclic amines) is 1. The SMILES string of the molecule is C[C@@H]1CN(Cc2cnn(-c3cccc(F)c3)c2)CC[C@]1(C)O. The lowest BCUT2D eigenvalue weighted by atomic mass is 9.84. The van der Waals surface area contributed by atoms with Crippen molar-refractivity contribution in [2.45, 2.75) is 32.4 Å². The maximum atomic E-state index is 13.3. The van der Waals surface area contributed by atoms with Crippen LogP contribution in [0.25, 0.3) is 5.69 Å². The molecule has 1 fully saturated rings. The minimum Gasteiger partial charge on any atom is -0.390 e. The highest BCUT2D eigenvalue weighted by Crippen LogP contribution is 2.27. The van der Waals surface area contributed by atoms with Crippen molar-refractivity contribution in [3.8, 4) is 5.69 Å². The highest BCUT2D eigenvalue weighted by molar-refractivity contribution is 5.31. The largest absolute Gasteiger partial charge is 0.390 e. The van der Waals surface area contributed by atoms with Gasteiger partial charge in [-0.2, -0.15) is 5.10 Å². The van der Waals surface area contributed by atoms with E-state index in [9.17, 15) is 9.50 Å². The number of aromatic nitrogens is 2. The quantitative estimate of drug-likeness (QED) is 0.947. The molecular formula is C17H22FN3O. The van der Waals surface area contributed by atoms with E-state index in [0.29, 0.717) is 0 Å². The molecule has 0 amide bonds. The molecule has 0 aliphatic carbocycles. The van der Waals surface area contributed by atoms with E-state index in [-0.39, 0.29) is 11.7 Å². The van der Waals surface area contributed by atoms with Crippen LogP contribution in [0, 0.1) is 11.7 Å². The van der Waals surface area contributed by atoms with Gasteiger partial charge in [0.1, 0.15) is 5.82 Å². The van der Waals surface area contributed by atoms with E-state index < -0.39 is 5.60 Å². The van der Waals surface area contributed by atoms with E-state index in [1.807, 2.05) is 25.4 Å². The Kier molecular flexibility index (Phi) is 4.02. The van der Waals surface area contributed by atoms with Gasteiger partial charge >= 0.3 is 0 Å². The summed E-state index contributed by atoms with van der Waals surface area (Å²) in [5.74, 6) is -0.0128. The summed E-state index contributed by atoms with van der Waals surface area (Å²) < 4.78 is 15.0.